The van der Waals surface area contributed by atoms with E-state index in [9.17, 15) is 8.42 Å². The summed E-state index contributed by atoms with van der Waals surface area (Å²) in [7, 11) is -3.68. The van der Waals surface area contributed by atoms with Gasteiger partial charge >= 0.3 is 0 Å². The van der Waals surface area contributed by atoms with E-state index in [1.165, 1.54) is 0 Å². The van der Waals surface area contributed by atoms with Gasteiger partial charge in [0.1, 0.15) is 5.75 Å². The van der Waals surface area contributed by atoms with Crippen LogP contribution in [0.2, 0.25) is 0 Å². The molecule has 2 aromatic rings. The molecule has 6 nitrogen and oxygen atoms in total. The van der Waals surface area contributed by atoms with Crippen molar-refractivity contribution in [1.82, 2.24) is 14.6 Å². The highest BCUT2D eigenvalue weighted by molar-refractivity contribution is 7.89. The summed E-state index contributed by atoms with van der Waals surface area (Å²) in [6, 6.07) is 10.5. The van der Waals surface area contributed by atoms with Crippen molar-refractivity contribution in [2.75, 3.05) is 19.7 Å². The molecule has 3 rings (SSSR count). The lowest BCUT2D eigenvalue weighted by atomic mass is 10.0. The van der Waals surface area contributed by atoms with E-state index >= 15 is 0 Å². The van der Waals surface area contributed by atoms with Gasteiger partial charge in [-0.2, -0.15) is 4.72 Å². The lowest BCUT2D eigenvalue weighted by Crippen LogP contribution is -2.59. The molecule has 1 N–H and O–H groups in total. The van der Waals surface area contributed by atoms with Gasteiger partial charge in [0.05, 0.1) is 17.2 Å². The topological polar surface area (TPSA) is 71.5 Å². The predicted molar refractivity (Wildman–Crippen MR) is 110 cm³/mol. The summed E-state index contributed by atoms with van der Waals surface area (Å²) >= 11 is 0. The molecule has 1 unspecified atom stereocenters. The number of ether oxygens (including phenoxy) is 1. The zero-order chi connectivity index (χ0) is 20.0. The van der Waals surface area contributed by atoms with Gasteiger partial charge in [-0.25, -0.2) is 8.42 Å². The van der Waals surface area contributed by atoms with Crippen LogP contribution in [0.3, 0.4) is 0 Å². The zero-order valence-corrected chi connectivity index (χ0v) is 17.4. The second-order valence-corrected chi connectivity index (χ2v) is 9.11. The molecule has 0 spiro atoms. The van der Waals surface area contributed by atoms with Crippen LogP contribution in [0.15, 0.2) is 53.7 Å². The van der Waals surface area contributed by atoms with E-state index in [1.807, 2.05) is 26.0 Å². The molecule has 1 atom stereocenters. The monoisotopic (exact) mass is 403 g/mol. The van der Waals surface area contributed by atoms with E-state index in [-0.39, 0.29) is 4.90 Å². The molecular formula is C21H29N3O3S. The van der Waals surface area contributed by atoms with Gasteiger partial charge < -0.3 is 4.74 Å². The highest BCUT2D eigenvalue weighted by atomic mass is 32.2. The fourth-order valence-electron chi connectivity index (χ4n) is 3.61. The summed E-state index contributed by atoms with van der Waals surface area (Å²) < 4.78 is 34.8. The number of aromatic nitrogens is 1. The van der Waals surface area contributed by atoms with Crippen LogP contribution in [-0.2, 0) is 16.4 Å². The van der Waals surface area contributed by atoms with Crippen molar-refractivity contribution in [1.29, 1.82) is 0 Å². The highest BCUT2D eigenvalue weighted by Gasteiger charge is 2.38. The molecule has 7 heteroatoms. The Balaban J connectivity index is 1.82. The molecule has 0 radical (unpaired) electrons. The average molecular weight is 404 g/mol. The summed E-state index contributed by atoms with van der Waals surface area (Å²) in [5.74, 6) is 0.679. The highest BCUT2D eigenvalue weighted by Crippen LogP contribution is 2.26. The minimum atomic E-state index is -3.68. The van der Waals surface area contributed by atoms with Crippen LogP contribution in [-0.4, -0.2) is 43.7 Å². The van der Waals surface area contributed by atoms with Crippen LogP contribution in [0.4, 0.5) is 0 Å². The lowest BCUT2D eigenvalue weighted by Gasteiger charge is -2.39. The van der Waals surface area contributed by atoms with Gasteiger partial charge in [0, 0.05) is 18.8 Å². The Labute approximate surface area is 168 Å². The standard InChI is InChI=1S/C21H29N3O3S/c1-3-15-27-19-8-10-20(11-9-19)28(25,26)23-21(2,24-13-4-5-14-24)16-18-7-6-12-22-17-18/h6-12,17,23H,3-5,13-16H2,1-2H3. The number of nitrogens with one attached hydrogen (secondary N) is 1. The Hall–Kier alpha value is -1.96. The van der Waals surface area contributed by atoms with Gasteiger partial charge in [-0.05, 0) is 75.2 Å². The van der Waals surface area contributed by atoms with Crippen molar-refractivity contribution in [3.63, 3.8) is 0 Å². The number of pyridine rings is 1. The molecule has 1 aromatic carbocycles. The Kier molecular flexibility index (Phi) is 6.69. The Morgan fingerprint density at radius 2 is 1.89 bits per heavy atom. The second kappa shape index (κ2) is 9.03. The van der Waals surface area contributed by atoms with Crippen molar-refractivity contribution < 1.29 is 13.2 Å². The summed E-state index contributed by atoms with van der Waals surface area (Å²) in [6.45, 7) is 6.36. The molecule has 1 aliphatic heterocycles. The number of likely N-dealkylation sites (tertiary alicyclic amines) is 1. The van der Waals surface area contributed by atoms with Crippen molar-refractivity contribution in [3.05, 3.63) is 54.4 Å². The number of sulfonamides is 1. The van der Waals surface area contributed by atoms with Gasteiger partial charge in [-0.1, -0.05) is 13.0 Å². The number of benzene rings is 1. The first-order valence-corrected chi connectivity index (χ1v) is 11.3. The van der Waals surface area contributed by atoms with Crippen molar-refractivity contribution in [3.8, 4) is 5.75 Å². The van der Waals surface area contributed by atoms with Gasteiger partial charge in [0.15, 0.2) is 0 Å². The number of hydrogen-bond acceptors (Lipinski definition) is 5. The van der Waals surface area contributed by atoms with E-state index in [0.717, 1.165) is 37.9 Å². The lowest BCUT2D eigenvalue weighted by molar-refractivity contribution is 0.122. The van der Waals surface area contributed by atoms with Gasteiger partial charge in [0.25, 0.3) is 0 Å². The Morgan fingerprint density at radius 1 is 1.18 bits per heavy atom. The summed E-state index contributed by atoms with van der Waals surface area (Å²) in [5, 5.41) is 0. The van der Waals surface area contributed by atoms with Crippen molar-refractivity contribution >= 4 is 10.0 Å². The minimum Gasteiger partial charge on any atom is -0.494 e. The first kappa shape index (κ1) is 20.8. The van der Waals surface area contributed by atoms with Crippen molar-refractivity contribution in [2.45, 2.75) is 50.1 Å². The smallest absolute Gasteiger partial charge is 0.242 e. The average Bonchev–Trinajstić information content (AvgIpc) is 3.23. The SMILES string of the molecule is CCCOc1ccc(S(=O)(=O)NC(C)(Cc2cccnc2)N2CCCC2)cc1. The Morgan fingerprint density at radius 3 is 2.50 bits per heavy atom. The first-order valence-electron chi connectivity index (χ1n) is 9.84. The second-order valence-electron chi connectivity index (χ2n) is 7.43. The zero-order valence-electron chi connectivity index (χ0n) is 16.6. The minimum absolute atomic E-state index is 0.243. The summed E-state index contributed by atoms with van der Waals surface area (Å²) in [5.41, 5.74) is 0.290. The van der Waals surface area contributed by atoms with Crippen LogP contribution < -0.4 is 9.46 Å². The third-order valence-electron chi connectivity index (χ3n) is 5.04. The number of nitrogens with zero attached hydrogens (tertiary/aromatic N) is 2. The third kappa shape index (κ3) is 5.10. The molecule has 0 saturated carbocycles. The summed E-state index contributed by atoms with van der Waals surface area (Å²) in [4.78, 5) is 6.64. The molecule has 1 fully saturated rings. The number of rotatable bonds is 9. The van der Waals surface area contributed by atoms with E-state index in [2.05, 4.69) is 14.6 Å². The maximum Gasteiger partial charge on any atom is 0.242 e. The van der Waals surface area contributed by atoms with Gasteiger partial charge in [-0.3, -0.25) is 9.88 Å². The van der Waals surface area contributed by atoms with E-state index in [4.69, 9.17) is 4.74 Å². The summed E-state index contributed by atoms with van der Waals surface area (Å²) in [6.07, 6.45) is 7.13. The fourth-order valence-corrected chi connectivity index (χ4v) is 5.00. The number of hydrogen-bond donors (Lipinski definition) is 1. The van der Waals surface area contributed by atoms with Crippen LogP contribution in [0, 0.1) is 0 Å². The van der Waals surface area contributed by atoms with Gasteiger partial charge in [-0.15, -0.1) is 0 Å². The van der Waals surface area contributed by atoms with Crippen LogP contribution in [0.1, 0.15) is 38.7 Å². The van der Waals surface area contributed by atoms with E-state index < -0.39 is 15.7 Å². The van der Waals surface area contributed by atoms with E-state index in [1.54, 1.807) is 36.7 Å². The maximum atomic E-state index is 13.1. The van der Waals surface area contributed by atoms with Crippen molar-refractivity contribution in [2.24, 2.45) is 0 Å². The predicted octanol–water partition coefficient (Wildman–Crippen LogP) is 3.20. The molecule has 28 heavy (non-hydrogen) atoms. The normalized spacial score (nSPS) is 17.4. The Bertz CT molecular complexity index is 850. The molecular weight excluding hydrogens is 374 g/mol. The van der Waals surface area contributed by atoms with Gasteiger partial charge in [0.2, 0.25) is 10.0 Å². The maximum absolute atomic E-state index is 13.1. The van der Waals surface area contributed by atoms with Crippen LogP contribution in [0.5, 0.6) is 5.75 Å². The fraction of sp³-hybridized carbons (Fsp3) is 0.476. The molecule has 2 heterocycles. The molecule has 1 aliphatic rings. The van der Waals surface area contributed by atoms with Crippen LogP contribution >= 0.6 is 0 Å². The molecule has 0 amide bonds. The molecule has 0 bridgehead atoms. The molecule has 152 valence electrons. The largest absolute Gasteiger partial charge is 0.494 e. The molecule has 0 aliphatic carbocycles. The molecule has 1 saturated heterocycles. The quantitative estimate of drug-likeness (QED) is 0.696. The third-order valence-corrected chi connectivity index (χ3v) is 6.64. The van der Waals surface area contributed by atoms with Crippen LogP contribution in [0.25, 0.3) is 0 Å². The molecule has 1 aromatic heterocycles. The van der Waals surface area contributed by atoms with E-state index in [0.29, 0.717) is 18.8 Å². The first-order chi connectivity index (χ1) is 13.4.